The lowest BCUT2D eigenvalue weighted by atomic mass is 9.72. The molecule has 0 aromatic carbocycles. The maximum atomic E-state index is 12.0. The average Bonchev–Trinajstić information content (AvgIpc) is 2.93. The highest BCUT2D eigenvalue weighted by Gasteiger charge is 2.30. The highest BCUT2D eigenvalue weighted by molar-refractivity contribution is 5.95. The topological polar surface area (TPSA) is 93.1 Å². The summed E-state index contributed by atoms with van der Waals surface area (Å²) in [6.07, 6.45) is 18.4. The number of aliphatic hydroxyl groups excluding tert-OH is 2. The third-order valence-corrected chi connectivity index (χ3v) is 8.78. The molecule has 0 heterocycles. The smallest absolute Gasteiger partial charge is 0.335 e. The van der Waals surface area contributed by atoms with Crippen molar-refractivity contribution in [3.05, 3.63) is 24.3 Å². The maximum absolute atomic E-state index is 12.0. The van der Waals surface area contributed by atoms with Crippen molar-refractivity contribution in [2.75, 3.05) is 33.0 Å². The summed E-state index contributed by atoms with van der Waals surface area (Å²) in [5.74, 6) is 2.09. The summed E-state index contributed by atoms with van der Waals surface area (Å²) in [7, 11) is 0. The van der Waals surface area contributed by atoms with Gasteiger partial charge in [0, 0.05) is 11.5 Å². The Morgan fingerprint density at radius 1 is 0.784 bits per heavy atom. The van der Waals surface area contributed by atoms with Gasteiger partial charge in [-0.2, -0.15) is 0 Å². The van der Waals surface area contributed by atoms with Crippen molar-refractivity contribution in [3.8, 4) is 0 Å². The number of rotatable bonds is 18. The van der Waals surface area contributed by atoms with Crippen molar-refractivity contribution in [2.24, 2.45) is 29.6 Å². The molecule has 37 heavy (non-hydrogen) atoms. The number of carbonyl (C=O) groups excluding carboxylic acids is 2. The van der Waals surface area contributed by atoms with Crippen molar-refractivity contribution < 1.29 is 29.3 Å². The van der Waals surface area contributed by atoms with Crippen LogP contribution in [-0.2, 0) is 19.1 Å². The van der Waals surface area contributed by atoms with Crippen LogP contribution < -0.4 is 0 Å². The van der Waals surface area contributed by atoms with Gasteiger partial charge in [-0.3, -0.25) is 4.79 Å². The van der Waals surface area contributed by atoms with Crippen molar-refractivity contribution in [2.45, 2.75) is 96.8 Å². The second-order valence-corrected chi connectivity index (χ2v) is 11.6. The number of ether oxygens (including phenoxy) is 2. The lowest BCUT2D eigenvalue weighted by molar-refractivity contribution is -0.143. The molecule has 2 rings (SSSR count). The summed E-state index contributed by atoms with van der Waals surface area (Å²) in [5, 5.41) is 18.2. The third-order valence-electron chi connectivity index (χ3n) is 8.78. The zero-order valence-corrected chi connectivity index (χ0v) is 23.3. The molecule has 1 unspecified atom stereocenters. The number of aliphatic hydroxyl groups is 2. The minimum absolute atomic E-state index is 0.0189. The molecule has 0 radical (unpaired) electrons. The fourth-order valence-electron chi connectivity index (χ4n) is 6.07. The largest absolute Gasteiger partial charge is 0.462 e. The summed E-state index contributed by atoms with van der Waals surface area (Å²) in [6.45, 7) is 8.91. The van der Waals surface area contributed by atoms with Crippen LogP contribution in [0, 0.1) is 29.6 Å². The van der Waals surface area contributed by atoms with Crippen LogP contribution in [0.4, 0.5) is 0 Å². The molecule has 2 aliphatic carbocycles. The van der Waals surface area contributed by atoms with Crippen LogP contribution >= 0.6 is 0 Å². The van der Waals surface area contributed by atoms with E-state index >= 15 is 0 Å². The molecular formula is C31H52O6. The van der Waals surface area contributed by atoms with Gasteiger partial charge in [0.25, 0.3) is 0 Å². The van der Waals surface area contributed by atoms with E-state index in [0.717, 1.165) is 30.6 Å². The molecule has 212 valence electrons. The lowest BCUT2D eigenvalue weighted by Crippen LogP contribution is -2.31. The van der Waals surface area contributed by atoms with Gasteiger partial charge in [0.2, 0.25) is 0 Å². The number of carbonyl (C=O) groups is 2. The molecular weight excluding hydrogens is 468 g/mol. The van der Waals surface area contributed by atoms with Gasteiger partial charge in [0.05, 0.1) is 32.0 Å². The first-order chi connectivity index (χ1) is 17.9. The average molecular weight is 521 g/mol. The van der Waals surface area contributed by atoms with Gasteiger partial charge in [0.15, 0.2) is 5.78 Å². The minimum atomic E-state index is -0.592. The van der Waals surface area contributed by atoms with Gasteiger partial charge < -0.3 is 19.7 Å². The Bertz CT molecular complexity index is 700. The SMILES string of the molecule is C=C(CO)C(=O)COCC(COC(=O)C(=C)CO)C1CCC(CCC2CCC(CCCCC)CC2)CC1. The van der Waals surface area contributed by atoms with Crippen molar-refractivity contribution in [1.29, 1.82) is 0 Å². The fourth-order valence-corrected chi connectivity index (χ4v) is 6.07. The highest BCUT2D eigenvalue weighted by Crippen LogP contribution is 2.39. The van der Waals surface area contributed by atoms with Gasteiger partial charge >= 0.3 is 5.97 Å². The summed E-state index contributed by atoms with van der Waals surface area (Å²) in [6, 6.07) is 0. The van der Waals surface area contributed by atoms with Crippen molar-refractivity contribution in [1.82, 2.24) is 0 Å². The standard InChI is InChI=1S/C31H52O6/c1-4-5-6-7-25-8-10-26(11-9-25)12-13-27-14-16-28(17-15-27)29(21-37-31(35)24(3)19-33)20-36-22-30(34)23(2)18-32/h25-29,32-33H,2-22H2,1H3. The number of ketones is 1. The van der Waals surface area contributed by atoms with E-state index in [-0.39, 0.29) is 42.7 Å². The Labute approximate surface area is 224 Å². The van der Waals surface area contributed by atoms with E-state index in [1.165, 1.54) is 77.0 Å². The molecule has 6 nitrogen and oxygen atoms in total. The fraction of sp³-hybridized carbons (Fsp3) is 0.806. The van der Waals surface area contributed by atoms with Gasteiger partial charge in [0.1, 0.15) is 6.61 Å². The van der Waals surface area contributed by atoms with E-state index in [2.05, 4.69) is 20.1 Å². The number of Topliss-reactive ketones (excluding diaryl/α,β-unsaturated/α-hetero) is 1. The molecule has 0 aromatic heterocycles. The zero-order chi connectivity index (χ0) is 27.0. The molecule has 1 atom stereocenters. The summed E-state index contributed by atoms with van der Waals surface area (Å²) in [4.78, 5) is 24.0. The summed E-state index contributed by atoms with van der Waals surface area (Å²) >= 11 is 0. The Morgan fingerprint density at radius 2 is 1.32 bits per heavy atom. The lowest BCUT2D eigenvalue weighted by Gasteiger charge is -2.35. The van der Waals surface area contributed by atoms with Gasteiger partial charge in [-0.15, -0.1) is 0 Å². The molecule has 2 saturated carbocycles. The van der Waals surface area contributed by atoms with Crippen molar-refractivity contribution >= 4 is 11.8 Å². The quantitative estimate of drug-likeness (QED) is 0.135. The number of esters is 1. The Kier molecular flexibility index (Phi) is 15.3. The monoisotopic (exact) mass is 520 g/mol. The molecule has 0 aliphatic heterocycles. The Balaban J connectivity index is 1.75. The maximum Gasteiger partial charge on any atom is 0.335 e. The summed E-state index contributed by atoms with van der Waals surface area (Å²) in [5.41, 5.74) is 0.167. The van der Waals surface area contributed by atoms with Crippen LogP contribution in [0.25, 0.3) is 0 Å². The number of unbranched alkanes of at least 4 members (excludes halogenated alkanes) is 2. The molecule has 0 amide bonds. The van der Waals surface area contributed by atoms with Gasteiger partial charge in [-0.25, -0.2) is 4.79 Å². The number of hydrogen-bond acceptors (Lipinski definition) is 6. The molecule has 2 N–H and O–H groups in total. The van der Waals surface area contributed by atoms with Crippen LogP contribution in [0.15, 0.2) is 24.3 Å². The summed E-state index contributed by atoms with van der Waals surface area (Å²) < 4.78 is 11.1. The highest BCUT2D eigenvalue weighted by atomic mass is 16.5. The molecule has 0 aromatic rings. The van der Waals surface area contributed by atoms with Gasteiger partial charge in [-0.05, 0) is 36.5 Å². The number of hydrogen-bond donors (Lipinski definition) is 2. The van der Waals surface area contributed by atoms with E-state index in [9.17, 15) is 9.59 Å². The van der Waals surface area contributed by atoms with Crippen LogP contribution in [0.2, 0.25) is 0 Å². The Morgan fingerprint density at radius 3 is 1.86 bits per heavy atom. The van der Waals surface area contributed by atoms with E-state index in [1.807, 2.05) is 0 Å². The normalized spacial score (nSPS) is 24.8. The second-order valence-electron chi connectivity index (χ2n) is 11.6. The van der Waals surface area contributed by atoms with E-state index in [0.29, 0.717) is 12.5 Å². The van der Waals surface area contributed by atoms with Crippen molar-refractivity contribution in [3.63, 3.8) is 0 Å². The van der Waals surface area contributed by atoms with E-state index < -0.39 is 12.6 Å². The van der Waals surface area contributed by atoms with Crippen LogP contribution in [-0.4, -0.2) is 55.0 Å². The van der Waals surface area contributed by atoms with Gasteiger partial charge in [-0.1, -0.05) is 97.1 Å². The predicted molar refractivity (Wildman–Crippen MR) is 147 cm³/mol. The molecule has 0 spiro atoms. The first-order valence-electron chi connectivity index (χ1n) is 14.7. The first-order valence-corrected chi connectivity index (χ1v) is 14.7. The third kappa shape index (κ3) is 11.8. The molecule has 2 fully saturated rings. The second kappa shape index (κ2) is 17.9. The first kappa shape index (κ1) is 31.7. The Hall–Kier alpha value is -1.50. The van der Waals surface area contributed by atoms with E-state index in [1.54, 1.807) is 0 Å². The molecule has 6 heteroatoms. The molecule has 2 aliphatic rings. The molecule has 0 saturated heterocycles. The predicted octanol–water partition coefficient (Wildman–Crippen LogP) is 5.80. The van der Waals surface area contributed by atoms with Crippen LogP contribution in [0.5, 0.6) is 0 Å². The van der Waals surface area contributed by atoms with Crippen LogP contribution in [0.1, 0.15) is 96.8 Å². The van der Waals surface area contributed by atoms with Crippen LogP contribution in [0.3, 0.4) is 0 Å². The minimum Gasteiger partial charge on any atom is -0.462 e. The zero-order valence-electron chi connectivity index (χ0n) is 23.3. The van der Waals surface area contributed by atoms with E-state index in [4.69, 9.17) is 19.7 Å². The molecule has 0 bridgehead atoms.